The zero-order chi connectivity index (χ0) is 12.1. The van der Waals surface area contributed by atoms with Crippen molar-refractivity contribution in [1.29, 1.82) is 0 Å². The van der Waals surface area contributed by atoms with Gasteiger partial charge in [-0.1, -0.05) is 20.8 Å². The lowest BCUT2D eigenvalue weighted by Crippen LogP contribution is -2.48. The first-order valence-electron chi connectivity index (χ1n) is 6.02. The highest BCUT2D eigenvalue weighted by Gasteiger charge is 2.26. The Kier molecular flexibility index (Phi) is 5.82. The smallest absolute Gasteiger partial charge is 0.0616 e. The molecule has 0 heterocycles. The summed E-state index contributed by atoms with van der Waals surface area (Å²) in [6.07, 6.45) is 1.16. The molecule has 2 heteroatoms. The highest BCUT2D eigenvalue weighted by atomic mass is 16.5. The van der Waals surface area contributed by atoms with Crippen LogP contribution in [0.4, 0.5) is 0 Å². The molecule has 0 aliphatic heterocycles. The predicted octanol–water partition coefficient (Wildman–Crippen LogP) is 3.22. The third-order valence-corrected chi connectivity index (χ3v) is 2.18. The van der Waals surface area contributed by atoms with Crippen LogP contribution in [-0.2, 0) is 4.74 Å². The van der Waals surface area contributed by atoms with E-state index in [1.807, 2.05) is 6.92 Å². The van der Waals surface area contributed by atoms with E-state index in [0.29, 0.717) is 11.5 Å². The summed E-state index contributed by atoms with van der Waals surface area (Å²) in [6.45, 7) is 17.2. The molecule has 0 rings (SSSR count). The Morgan fingerprint density at radius 1 is 1.13 bits per heavy atom. The van der Waals surface area contributed by atoms with Crippen LogP contribution in [0.25, 0.3) is 0 Å². The van der Waals surface area contributed by atoms with Crippen LogP contribution >= 0.6 is 0 Å². The first kappa shape index (κ1) is 14.9. The monoisotopic (exact) mass is 215 g/mol. The summed E-state index contributed by atoms with van der Waals surface area (Å²) in [7, 11) is 0. The topological polar surface area (TPSA) is 21.3 Å². The Morgan fingerprint density at radius 2 is 1.67 bits per heavy atom. The van der Waals surface area contributed by atoms with Crippen LogP contribution in [0.1, 0.15) is 54.9 Å². The van der Waals surface area contributed by atoms with Crippen molar-refractivity contribution in [3.63, 3.8) is 0 Å². The van der Waals surface area contributed by atoms with E-state index in [1.165, 1.54) is 0 Å². The zero-order valence-corrected chi connectivity index (χ0v) is 11.6. The van der Waals surface area contributed by atoms with Gasteiger partial charge in [0, 0.05) is 18.2 Å². The van der Waals surface area contributed by atoms with Gasteiger partial charge in [0.25, 0.3) is 0 Å². The van der Waals surface area contributed by atoms with Crippen LogP contribution in [0.5, 0.6) is 0 Å². The molecule has 0 saturated carbocycles. The predicted molar refractivity (Wildman–Crippen MR) is 67.2 cm³/mol. The average Bonchev–Trinajstić information content (AvgIpc) is 1.94. The first-order valence-corrected chi connectivity index (χ1v) is 6.02. The van der Waals surface area contributed by atoms with Crippen LogP contribution in [0.15, 0.2) is 0 Å². The van der Waals surface area contributed by atoms with Gasteiger partial charge in [0.05, 0.1) is 6.61 Å². The van der Waals surface area contributed by atoms with Crippen LogP contribution in [-0.4, -0.2) is 24.8 Å². The molecule has 2 nitrogen and oxygen atoms in total. The molecule has 1 N–H and O–H groups in total. The summed E-state index contributed by atoms with van der Waals surface area (Å²) < 4.78 is 5.41. The van der Waals surface area contributed by atoms with Gasteiger partial charge in [-0.3, -0.25) is 0 Å². The minimum absolute atomic E-state index is 0.175. The molecule has 0 spiro atoms. The van der Waals surface area contributed by atoms with Gasteiger partial charge in [0.2, 0.25) is 0 Å². The van der Waals surface area contributed by atoms with Gasteiger partial charge in [-0.05, 0) is 39.5 Å². The quantitative estimate of drug-likeness (QED) is 0.734. The summed E-state index contributed by atoms with van der Waals surface area (Å²) >= 11 is 0. The van der Waals surface area contributed by atoms with E-state index in [1.54, 1.807) is 0 Å². The lowest BCUT2D eigenvalue weighted by Gasteiger charge is -2.35. The van der Waals surface area contributed by atoms with Crippen LogP contribution in [0.3, 0.4) is 0 Å². The standard InChI is InChI=1S/C13H29NO/c1-8-15-9-11(2)14-13(6,7)10-12(3,4)5/h11,14H,8-10H2,1-7H3. The van der Waals surface area contributed by atoms with Crippen molar-refractivity contribution in [3.05, 3.63) is 0 Å². The lowest BCUT2D eigenvalue weighted by molar-refractivity contribution is 0.110. The number of nitrogens with one attached hydrogen (secondary N) is 1. The number of rotatable bonds is 6. The molecular formula is C13H29NO. The second-order valence-electron chi connectivity index (χ2n) is 6.33. The average molecular weight is 215 g/mol. The van der Waals surface area contributed by atoms with Crippen LogP contribution in [0, 0.1) is 5.41 Å². The normalized spacial score (nSPS) is 15.4. The molecule has 0 aliphatic carbocycles. The molecule has 92 valence electrons. The molecule has 15 heavy (non-hydrogen) atoms. The van der Waals surface area contributed by atoms with Gasteiger partial charge >= 0.3 is 0 Å². The van der Waals surface area contributed by atoms with E-state index in [-0.39, 0.29) is 5.54 Å². The third-order valence-electron chi connectivity index (χ3n) is 2.18. The van der Waals surface area contributed by atoms with Crippen molar-refractivity contribution in [2.45, 2.75) is 66.5 Å². The van der Waals surface area contributed by atoms with Gasteiger partial charge < -0.3 is 10.1 Å². The minimum Gasteiger partial charge on any atom is -0.380 e. The molecule has 0 amide bonds. The van der Waals surface area contributed by atoms with Gasteiger partial charge in [-0.15, -0.1) is 0 Å². The van der Waals surface area contributed by atoms with Crippen molar-refractivity contribution in [1.82, 2.24) is 5.32 Å². The molecule has 1 atom stereocenters. The highest BCUT2D eigenvalue weighted by Crippen LogP contribution is 2.27. The van der Waals surface area contributed by atoms with Gasteiger partial charge in [-0.2, -0.15) is 0 Å². The fourth-order valence-electron chi connectivity index (χ4n) is 2.38. The van der Waals surface area contributed by atoms with E-state index < -0.39 is 0 Å². The molecule has 0 aromatic heterocycles. The Balaban J connectivity index is 4.01. The van der Waals surface area contributed by atoms with E-state index in [2.05, 4.69) is 46.9 Å². The molecule has 0 bridgehead atoms. The van der Waals surface area contributed by atoms with Gasteiger partial charge in [0.15, 0.2) is 0 Å². The molecule has 0 fully saturated rings. The number of hydrogen-bond donors (Lipinski definition) is 1. The van der Waals surface area contributed by atoms with E-state index in [9.17, 15) is 0 Å². The summed E-state index contributed by atoms with van der Waals surface area (Å²) in [5, 5.41) is 3.62. The summed E-state index contributed by atoms with van der Waals surface area (Å²) in [6, 6.07) is 0.419. The SMILES string of the molecule is CCOCC(C)NC(C)(C)CC(C)(C)C. The second kappa shape index (κ2) is 5.86. The first-order chi connectivity index (χ1) is 6.66. The van der Waals surface area contributed by atoms with Crippen LogP contribution in [0.2, 0.25) is 0 Å². The van der Waals surface area contributed by atoms with Crippen molar-refractivity contribution in [2.24, 2.45) is 5.41 Å². The van der Waals surface area contributed by atoms with E-state index in [0.717, 1.165) is 19.6 Å². The number of ether oxygens (including phenoxy) is 1. The summed E-state index contributed by atoms with van der Waals surface area (Å²) in [5.74, 6) is 0. The van der Waals surface area contributed by atoms with Crippen molar-refractivity contribution >= 4 is 0 Å². The van der Waals surface area contributed by atoms with Crippen LogP contribution < -0.4 is 5.32 Å². The Morgan fingerprint density at radius 3 is 2.07 bits per heavy atom. The molecule has 0 aliphatic rings. The maximum Gasteiger partial charge on any atom is 0.0616 e. The van der Waals surface area contributed by atoms with E-state index >= 15 is 0 Å². The maximum atomic E-state index is 5.41. The fourth-order valence-corrected chi connectivity index (χ4v) is 2.38. The molecule has 0 saturated heterocycles. The molecular weight excluding hydrogens is 186 g/mol. The molecule has 1 unspecified atom stereocenters. The molecule has 0 aromatic carbocycles. The minimum atomic E-state index is 0.175. The van der Waals surface area contributed by atoms with Crippen molar-refractivity contribution in [3.8, 4) is 0 Å². The van der Waals surface area contributed by atoms with Gasteiger partial charge in [0.1, 0.15) is 0 Å². The maximum absolute atomic E-state index is 5.41. The third kappa shape index (κ3) is 8.88. The Bertz CT molecular complexity index is 170. The Labute approximate surface area is 95.8 Å². The zero-order valence-electron chi connectivity index (χ0n) is 11.6. The number of hydrogen-bond acceptors (Lipinski definition) is 2. The fraction of sp³-hybridized carbons (Fsp3) is 1.00. The van der Waals surface area contributed by atoms with Gasteiger partial charge in [-0.25, -0.2) is 0 Å². The largest absolute Gasteiger partial charge is 0.380 e. The van der Waals surface area contributed by atoms with Crippen molar-refractivity contribution < 1.29 is 4.74 Å². The Hall–Kier alpha value is -0.0800. The highest BCUT2D eigenvalue weighted by molar-refractivity contribution is 4.85. The lowest BCUT2D eigenvalue weighted by atomic mass is 9.81. The molecule has 0 radical (unpaired) electrons. The summed E-state index contributed by atoms with van der Waals surface area (Å²) in [4.78, 5) is 0. The van der Waals surface area contributed by atoms with E-state index in [4.69, 9.17) is 4.74 Å². The van der Waals surface area contributed by atoms with Crippen molar-refractivity contribution in [2.75, 3.05) is 13.2 Å². The second-order valence-corrected chi connectivity index (χ2v) is 6.33. The molecule has 0 aromatic rings. The summed E-state index contributed by atoms with van der Waals surface area (Å²) in [5.41, 5.74) is 0.538.